The molecule has 0 saturated heterocycles. The van der Waals surface area contributed by atoms with Crippen LogP contribution >= 0.6 is 39.9 Å². The summed E-state index contributed by atoms with van der Waals surface area (Å²) in [5, 5.41) is 8.28. The Morgan fingerprint density at radius 2 is 2.00 bits per heavy atom. The summed E-state index contributed by atoms with van der Waals surface area (Å²) in [5.74, 6) is -0.751. The Balaban J connectivity index is 0.00000288. The number of sulfone groups is 1. The first kappa shape index (κ1) is 20.7. The van der Waals surface area contributed by atoms with Crippen molar-refractivity contribution >= 4 is 55.7 Å². The van der Waals surface area contributed by atoms with E-state index in [9.17, 15) is 13.2 Å². The van der Waals surface area contributed by atoms with E-state index in [-0.39, 0.29) is 39.9 Å². The average Bonchev–Trinajstić information content (AvgIpc) is 2.43. The molecule has 1 heterocycles. The topological polar surface area (TPSA) is 106 Å². The minimum atomic E-state index is -3.39. The SMILES string of the molecule is CS(=O)(=O)c1cc(Cn2cc(Cl)cc(C(N)=O)c2=N)ccc1Br.Cl. The molecule has 0 aliphatic rings. The van der Waals surface area contributed by atoms with E-state index >= 15 is 0 Å². The van der Waals surface area contributed by atoms with Crippen LogP contribution in [0.4, 0.5) is 0 Å². The molecule has 0 fully saturated rings. The lowest BCUT2D eigenvalue weighted by atomic mass is 10.2. The van der Waals surface area contributed by atoms with E-state index in [4.69, 9.17) is 22.7 Å². The molecule has 2 aromatic rings. The van der Waals surface area contributed by atoms with Crippen LogP contribution in [0, 0.1) is 5.41 Å². The second-order valence-electron chi connectivity index (χ2n) is 4.95. The van der Waals surface area contributed by atoms with Crippen molar-refractivity contribution in [2.75, 3.05) is 6.26 Å². The third kappa shape index (κ3) is 4.60. The van der Waals surface area contributed by atoms with Crippen LogP contribution in [0.25, 0.3) is 0 Å². The van der Waals surface area contributed by atoms with E-state index in [0.717, 1.165) is 6.26 Å². The summed E-state index contributed by atoms with van der Waals surface area (Å²) >= 11 is 9.15. The molecule has 0 bridgehead atoms. The van der Waals surface area contributed by atoms with Gasteiger partial charge in [0.1, 0.15) is 5.49 Å². The first-order chi connectivity index (χ1) is 10.6. The van der Waals surface area contributed by atoms with Crippen LogP contribution in [0.15, 0.2) is 39.8 Å². The second kappa shape index (κ2) is 7.69. The fourth-order valence-electron chi connectivity index (χ4n) is 2.05. The van der Waals surface area contributed by atoms with Crippen molar-refractivity contribution in [2.24, 2.45) is 5.73 Å². The van der Waals surface area contributed by atoms with Gasteiger partial charge in [-0.05, 0) is 39.7 Å². The number of carbonyl (C=O) groups excluding carboxylic acids is 1. The van der Waals surface area contributed by atoms with Crippen LogP contribution in [-0.4, -0.2) is 25.1 Å². The summed E-state index contributed by atoms with van der Waals surface area (Å²) in [4.78, 5) is 11.5. The summed E-state index contributed by atoms with van der Waals surface area (Å²) in [6.45, 7) is 0.176. The lowest BCUT2D eigenvalue weighted by Gasteiger charge is -2.11. The Hall–Kier alpha value is -1.35. The highest BCUT2D eigenvalue weighted by atomic mass is 79.9. The standard InChI is InChI=1S/C14H13BrClN3O3S.ClH/c1-23(21,22)12-4-8(2-3-11(12)15)6-19-7-9(16)5-10(13(19)17)14(18)20;/h2-5,7,17H,6H2,1H3,(H2,18,20);1H. The lowest BCUT2D eigenvalue weighted by Crippen LogP contribution is -2.29. The number of primary amides is 1. The smallest absolute Gasteiger partial charge is 0.252 e. The molecule has 130 valence electrons. The molecule has 1 aromatic heterocycles. The number of nitrogens with two attached hydrogens (primary N) is 1. The fraction of sp³-hybridized carbons (Fsp3) is 0.143. The fourth-order valence-corrected chi connectivity index (χ4v) is 4.19. The van der Waals surface area contributed by atoms with Gasteiger partial charge in [-0.15, -0.1) is 12.4 Å². The highest BCUT2D eigenvalue weighted by Crippen LogP contribution is 2.23. The number of rotatable bonds is 4. The van der Waals surface area contributed by atoms with Crippen molar-refractivity contribution < 1.29 is 13.2 Å². The molecular weight excluding hydrogens is 441 g/mol. The van der Waals surface area contributed by atoms with Gasteiger partial charge in [0.05, 0.1) is 15.5 Å². The molecule has 10 heteroatoms. The van der Waals surface area contributed by atoms with Gasteiger partial charge in [-0.2, -0.15) is 0 Å². The Morgan fingerprint density at radius 1 is 1.38 bits per heavy atom. The van der Waals surface area contributed by atoms with E-state index in [0.29, 0.717) is 10.0 Å². The molecule has 0 atom stereocenters. The third-order valence-corrected chi connectivity index (χ3v) is 5.41. The van der Waals surface area contributed by atoms with Gasteiger partial charge in [0.2, 0.25) is 0 Å². The molecule has 2 rings (SSSR count). The Kier molecular flexibility index (Phi) is 6.63. The molecule has 1 aromatic carbocycles. The number of halogens is 3. The number of carbonyl (C=O) groups is 1. The van der Waals surface area contributed by atoms with Gasteiger partial charge in [0.25, 0.3) is 5.91 Å². The number of aromatic nitrogens is 1. The maximum Gasteiger partial charge on any atom is 0.252 e. The van der Waals surface area contributed by atoms with Gasteiger partial charge >= 0.3 is 0 Å². The highest BCUT2D eigenvalue weighted by Gasteiger charge is 2.14. The van der Waals surface area contributed by atoms with Crippen molar-refractivity contribution in [1.29, 1.82) is 5.41 Å². The van der Waals surface area contributed by atoms with Crippen LogP contribution in [-0.2, 0) is 16.4 Å². The molecule has 0 unspecified atom stereocenters. The summed E-state index contributed by atoms with van der Waals surface area (Å²) < 4.78 is 25.4. The second-order valence-corrected chi connectivity index (χ2v) is 8.22. The van der Waals surface area contributed by atoms with Crippen LogP contribution in [0.2, 0.25) is 5.02 Å². The van der Waals surface area contributed by atoms with E-state index in [1.54, 1.807) is 12.1 Å². The molecular formula is C14H14BrCl2N3O3S. The van der Waals surface area contributed by atoms with E-state index < -0.39 is 15.7 Å². The molecule has 0 aliphatic carbocycles. The van der Waals surface area contributed by atoms with Crippen LogP contribution in [0.1, 0.15) is 15.9 Å². The number of benzene rings is 1. The molecule has 24 heavy (non-hydrogen) atoms. The molecule has 0 radical (unpaired) electrons. The van der Waals surface area contributed by atoms with Crippen molar-refractivity contribution in [3.05, 3.63) is 56.6 Å². The predicted octanol–water partition coefficient (Wildman–Crippen LogP) is 2.36. The minimum Gasteiger partial charge on any atom is -0.365 e. The van der Waals surface area contributed by atoms with Gasteiger partial charge in [0, 0.05) is 23.5 Å². The molecule has 1 amide bonds. The molecule has 0 aliphatic heterocycles. The monoisotopic (exact) mass is 453 g/mol. The summed E-state index contributed by atoms with van der Waals surface area (Å²) in [7, 11) is -3.39. The third-order valence-electron chi connectivity index (χ3n) is 3.12. The number of hydrogen-bond donors (Lipinski definition) is 2. The first-order valence-corrected chi connectivity index (χ1v) is 9.38. The van der Waals surface area contributed by atoms with E-state index in [1.807, 2.05) is 0 Å². The van der Waals surface area contributed by atoms with Crippen LogP contribution in [0.3, 0.4) is 0 Å². The quantitative estimate of drug-likeness (QED) is 0.740. The largest absolute Gasteiger partial charge is 0.365 e. The van der Waals surface area contributed by atoms with E-state index in [1.165, 1.54) is 22.9 Å². The van der Waals surface area contributed by atoms with E-state index in [2.05, 4.69) is 15.9 Å². The molecule has 3 N–H and O–H groups in total. The van der Waals surface area contributed by atoms with Crippen molar-refractivity contribution in [3.8, 4) is 0 Å². The first-order valence-electron chi connectivity index (χ1n) is 6.32. The van der Waals surface area contributed by atoms with Gasteiger partial charge in [-0.25, -0.2) is 8.42 Å². The Bertz CT molecular complexity index is 958. The zero-order valence-corrected chi connectivity index (χ0v) is 16.4. The number of hydrogen-bond acceptors (Lipinski definition) is 4. The molecule has 6 nitrogen and oxygen atoms in total. The lowest BCUT2D eigenvalue weighted by molar-refractivity contribution is 0.0997. The minimum absolute atomic E-state index is 0. The van der Waals surface area contributed by atoms with Crippen LogP contribution < -0.4 is 11.2 Å². The number of nitrogens with one attached hydrogen (secondary N) is 1. The van der Waals surface area contributed by atoms with Gasteiger partial charge < -0.3 is 10.3 Å². The maximum absolute atomic E-state index is 11.8. The van der Waals surface area contributed by atoms with Crippen molar-refractivity contribution in [1.82, 2.24) is 4.57 Å². The number of amides is 1. The maximum atomic E-state index is 11.8. The normalized spacial score (nSPS) is 11.0. The summed E-state index contributed by atoms with van der Waals surface area (Å²) in [6, 6.07) is 6.18. The van der Waals surface area contributed by atoms with Crippen LogP contribution in [0.5, 0.6) is 0 Å². The highest BCUT2D eigenvalue weighted by molar-refractivity contribution is 9.10. The van der Waals surface area contributed by atoms with Gasteiger partial charge in [0.15, 0.2) is 9.84 Å². The number of pyridine rings is 1. The summed E-state index contributed by atoms with van der Waals surface area (Å²) in [6.07, 6.45) is 2.60. The summed E-state index contributed by atoms with van der Waals surface area (Å²) in [5.41, 5.74) is 5.78. The van der Waals surface area contributed by atoms with Gasteiger partial charge in [-0.3, -0.25) is 10.2 Å². The Labute approximate surface area is 158 Å². The van der Waals surface area contributed by atoms with Crippen molar-refractivity contribution in [3.63, 3.8) is 0 Å². The molecule has 0 saturated carbocycles. The van der Waals surface area contributed by atoms with Gasteiger partial charge in [-0.1, -0.05) is 17.7 Å². The Morgan fingerprint density at radius 3 is 2.54 bits per heavy atom. The zero-order chi connectivity index (χ0) is 17.4. The molecule has 0 spiro atoms. The average molecular weight is 455 g/mol. The van der Waals surface area contributed by atoms with Crippen molar-refractivity contribution in [2.45, 2.75) is 11.4 Å². The zero-order valence-electron chi connectivity index (χ0n) is 12.4. The predicted molar refractivity (Wildman–Crippen MR) is 97.4 cm³/mol. The number of nitrogens with zero attached hydrogens (tertiary/aromatic N) is 1.